The van der Waals surface area contributed by atoms with Crippen molar-refractivity contribution >= 4 is 11.7 Å². The summed E-state index contributed by atoms with van der Waals surface area (Å²) in [6, 6.07) is 7.34. The maximum absolute atomic E-state index is 11.6. The lowest BCUT2D eigenvalue weighted by Gasteiger charge is -2.01. The molecule has 0 bridgehead atoms. The maximum Gasteiger partial charge on any atom is 0.341 e. The van der Waals surface area contributed by atoms with E-state index >= 15 is 0 Å². The van der Waals surface area contributed by atoms with Gasteiger partial charge in [0.05, 0.1) is 12.0 Å². The summed E-state index contributed by atoms with van der Waals surface area (Å²) >= 11 is 0. The molecule has 0 fully saturated rings. The van der Waals surface area contributed by atoms with Gasteiger partial charge in [-0.3, -0.25) is 10.1 Å². The molecule has 0 aliphatic rings. The van der Waals surface area contributed by atoms with Crippen LogP contribution in [-0.2, 0) is 4.74 Å². The SMILES string of the molecule is COC(=O)c1cc(C)oc1-c1ccc([N+](=O)[O-])cc1. The van der Waals surface area contributed by atoms with E-state index in [2.05, 4.69) is 4.74 Å². The summed E-state index contributed by atoms with van der Waals surface area (Å²) in [4.78, 5) is 21.7. The van der Waals surface area contributed by atoms with Gasteiger partial charge >= 0.3 is 5.97 Å². The predicted molar refractivity (Wildman–Crippen MR) is 66.9 cm³/mol. The molecule has 1 aromatic carbocycles. The van der Waals surface area contributed by atoms with Crippen LogP contribution < -0.4 is 0 Å². The van der Waals surface area contributed by atoms with E-state index in [1.54, 1.807) is 13.0 Å². The van der Waals surface area contributed by atoms with Gasteiger partial charge in [-0.1, -0.05) is 0 Å². The minimum Gasteiger partial charge on any atom is -0.465 e. The number of non-ortho nitro benzene ring substituents is 1. The number of nitro groups is 1. The second-order valence-electron chi connectivity index (χ2n) is 3.90. The highest BCUT2D eigenvalue weighted by molar-refractivity contribution is 5.96. The Morgan fingerprint density at radius 1 is 1.32 bits per heavy atom. The Kier molecular flexibility index (Phi) is 3.33. The minimum absolute atomic E-state index is 0.0216. The molecule has 1 aromatic heterocycles. The smallest absolute Gasteiger partial charge is 0.341 e. The van der Waals surface area contributed by atoms with Gasteiger partial charge in [0.25, 0.3) is 5.69 Å². The summed E-state index contributed by atoms with van der Waals surface area (Å²) in [6.45, 7) is 1.71. The highest BCUT2D eigenvalue weighted by Crippen LogP contribution is 2.29. The lowest BCUT2D eigenvalue weighted by Crippen LogP contribution is -2.01. The van der Waals surface area contributed by atoms with Crippen LogP contribution in [0.4, 0.5) is 5.69 Å². The number of hydrogen-bond donors (Lipinski definition) is 0. The summed E-state index contributed by atoms with van der Waals surface area (Å²) in [5, 5.41) is 10.6. The number of nitrogens with zero attached hydrogens (tertiary/aromatic N) is 1. The van der Waals surface area contributed by atoms with Crippen molar-refractivity contribution in [1.82, 2.24) is 0 Å². The summed E-state index contributed by atoms with van der Waals surface area (Å²) in [5.74, 6) is 0.401. The van der Waals surface area contributed by atoms with Crippen LogP contribution in [0.3, 0.4) is 0 Å². The Hall–Kier alpha value is -2.63. The first kappa shape index (κ1) is 12.8. The third-order valence-corrected chi connectivity index (χ3v) is 2.60. The van der Waals surface area contributed by atoms with E-state index in [-0.39, 0.29) is 5.69 Å². The van der Waals surface area contributed by atoms with E-state index in [1.165, 1.54) is 31.4 Å². The fraction of sp³-hybridized carbons (Fsp3) is 0.154. The van der Waals surface area contributed by atoms with Gasteiger partial charge in [-0.05, 0) is 25.1 Å². The topological polar surface area (TPSA) is 82.6 Å². The van der Waals surface area contributed by atoms with Gasteiger partial charge in [0.1, 0.15) is 17.1 Å². The van der Waals surface area contributed by atoms with Gasteiger partial charge < -0.3 is 9.15 Å². The Balaban J connectivity index is 2.46. The predicted octanol–water partition coefficient (Wildman–Crippen LogP) is 2.95. The summed E-state index contributed by atoms with van der Waals surface area (Å²) in [5.41, 5.74) is 0.861. The Labute approximate surface area is 108 Å². The van der Waals surface area contributed by atoms with E-state index in [0.29, 0.717) is 22.6 Å². The normalized spacial score (nSPS) is 10.2. The van der Waals surface area contributed by atoms with E-state index in [9.17, 15) is 14.9 Å². The van der Waals surface area contributed by atoms with Gasteiger partial charge in [0.2, 0.25) is 0 Å². The molecule has 0 spiro atoms. The van der Waals surface area contributed by atoms with Crippen molar-refractivity contribution < 1.29 is 18.9 Å². The highest BCUT2D eigenvalue weighted by Gasteiger charge is 2.19. The molecule has 2 rings (SSSR count). The van der Waals surface area contributed by atoms with Gasteiger partial charge in [-0.15, -0.1) is 0 Å². The van der Waals surface area contributed by atoms with E-state index in [0.717, 1.165) is 0 Å². The molecule has 0 saturated heterocycles. The molecule has 6 heteroatoms. The first-order chi connectivity index (χ1) is 9.02. The zero-order chi connectivity index (χ0) is 14.0. The fourth-order valence-corrected chi connectivity index (χ4v) is 1.72. The number of ether oxygens (including phenoxy) is 1. The first-order valence-corrected chi connectivity index (χ1v) is 5.46. The van der Waals surface area contributed by atoms with Crippen molar-refractivity contribution in [2.75, 3.05) is 7.11 Å². The zero-order valence-electron chi connectivity index (χ0n) is 10.4. The number of hydrogen-bond acceptors (Lipinski definition) is 5. The second-order valence-corrected chi connectivity index (χ2v) is 3.90. The van der Waals surface area contributed by atoms with E-state index in [1.807, 2.05) is 0 Å². The molecule has 0 unspecified atom stereocenters. The lowest BCUT2D eigenvalue weighted by molar-refractivity contribution is -0.384. The molecule has 0 atom stereocenters. The third kappa shape index (κ3) is 2.47. The molecule has 0 aliphatic heterocycles. The number of esters is 1. The average molecular weight is 261 g/mol. The number of rotatable bonds is 3. The van der Waals surface area contributed by atoms with Crippen molar-refractivity contribution in [3.05, 3.63) is 51.8 Å². The Morgan fingerprint density at radius 3 is 2.47 bits per heavy atom. The molecule has 0 amide bonds. The number of furan rings is 1. The van der Waals surface area contributed by atoms with Crippen LogP contribution in [0.15, 0.2) is 34.7 Å². The van der Waals surface area contributed by atoms with Crippen LogP contribution in [-0.4, -0.2) is 18.0 Å². The Bertz CT molecular complexity index is 627. The summed E-state index contributed by atoms with van der Waals surface area (Å²) < 4.78 is 10.1. The number of methoxy groups -OCH3 is 1. The monoisotopic (exact) mass is 261 g/mol. The van der Waals surface area contributed by atoms with Gasteiger partial charge in [-0.25, -0.2) is 4.79 Å². The minimum atomic E-state index is -0.509. The standard InChI is InChI=1S/C13H11NO5/c1-8-7-11(13(15)18-2)12(19-8)9-3-5-10(6-4-9)14(16)17/h3-7H,1-2H3. The van der Waals surface area contributed by atoms with Crippen LogP contribution >= 0.6 is 0 Å². The number of aryl methyl sites for hydroxylation is 1. The summed E-state index contributed by atoms with van der Waals surface area (Å²) in [7, 11) is 1.28. The molecule has 0 saturated carbocycles. The van der Waals surface area contributed by atoms with Gasteiger partial charge in [-0.2, -0.15) is 0 Å². The van der Waals surface area contributed by atoms with E-state index < -0.39 is 10.9 Å². The van der Waals surface area contributed by atoms with Gasteiger partial charge in [0, 0.05) is 17.7 Å². The highest BCUT2D eigenvalue weighted by atomic mass is 16.6. The second kappa shape index (κ2) is 4.93. The molecule has 1 heterocycles. The van der Waals surface area contributed by atoms with Crippen LogP contribution in [0.25, 0.3) is 11.3 Å². The summed E-state index contributed by atoms with van der Waals surface area (Å²) in [6.07, 6.45) is 0. The number of benzene rings is 1. The first-order valence-electron chi connectivity index (χ1n) is 5.46. The van der Waals surface area contributed by atoms with Crippen molar-refractivity contribution in [2.45, 2.75) is 6.92 Å². The molecule has 0 aliphatic carbocycles. The quantitative estimate of drug-likeness (QED) is 0.482. The zero-order valence-corrected chi connectivity index (χ0v) is 10.4. The Morgan fingerprint density at radius 2 is 1.95 bits per heavy atom. The van der Waals surface area contributed by atoms with Crippen molar-refractivity contribution in [2.24, 2.45) is 0 Å². The van der Waals surface area contributed by atoms with Crippen LogP contribution in [0.5, 0.6) is 0 Å². The molecule has 19 heavy (non-hydrogen) atoms. The lowest BCUT2D eigenvalue weighted by atomic mass is 10.1. The molecular weight excluding hydrogens is 250 g/mol. The number of nitro benzene ring substituents is 1. The van der Waals surface area contributed by atoms with E-state index in [4.69, 9.17) is 4.42 Å². The molecule has 6 nitrogen and oxygen atoms in total. The average Bonchev–Trinajstić information content (AvgIpc) is 2.80. The molecular formula is C13H11NO5. The van der Waals surface area contributed by atoms with Crippen LogP contribution in [0, 0.1) is 17.0 Å². The van der Waals surface area contributed by atoms with Crippen LogP contribution in [0.2, 0.25) is 0 Å². The van der Waals surface area contributed by atoms with Crippen molar-refractivity contribution in [3.8, 4) is 11.3 Å². The third-order valence-electron chi connectivity index (χ3n) is 2.60. The molecule has 2 aromatic rings. The van der Waals surface area contributed by atoms with Crippen LogP contribution in [0.1, 0.15) is 16.1 Å². The fourth-order valence-electron chi connectivity index (χ4n) is 1.72. The molecule has 98 valence electrons. The largest absolute Gasteiger partial charge is 0.465 e. The number of carbonyl (C=O) groups is 1. The molecule has 0 N–H and O–H groups in total. The number of carbonyl (C=O) groups excluding carboxylic acids is 1. The maximum atomic E-state index is 11.6. The van der Waals surface area contributed by atoms with Crippen molar-refractivity contribution in [3.63, 3.8) is 0 Å². The van der Waals surface area contributed by atoms with Gasteiger partial charge in [0.15, 0.2) is 0 Å². The molecule has 0 radical (unpaired) electrons. The van der Waals surface area contributed by atoms with Crippen molar-refractivity contribution in [1.29, 1.82) is 0 Å².